The van der Waals surface area contributed by atoms with Gasteiger partial charge in [0.1, 0.15) is 0 Å². The van der Waals surface area contributed by atoms with Crippen LogP contribution >= 0.6 is 23.1 Å². The molecule has 0 aliphatic rings. The summed E-state index contributed by atoms with van der Waals surface area (Å²) in [5.74, 6) is -0.553. The Bertz CT molecular complexity index is 700. The predicted octanol–water partition coefficient (Wildman–Crippen LogP) is 2.18. The van der Waals surface area contributed by atoms with E-state index in [0.29, 0.717) is 5.13 Å². The van der Waals surface area contributed by atoms with Crippen LogP contribution < -0.4 is 10.9 Å². The molecule has 0 fully saturated rings. The summed E-state index contributed by atoms with van der Waals surface area (Å²) in [5, 5.41) is 15.0. The molecule has 1 atom stereocenters. The minimum Gasteiger partial charge on any atom is -0.493 e. The molecule has 3 N–H and O–H groups in total. The third-order valence-electron chi connectivity index (χ3n) is 3.04. The fourth-order valence-corrected chi connectivity index (χ4v) is 2.94. The van der Waals surface area contributed by atoms with Crippen LogP contribution in [0.15, 0.2) is 21.5 Å². The van der Waals surface area contributed by atoms with Gasteiger partial charge in [0.2, 0.25) is 11.8 Å². The highest BCUT2D eigenvalue weighted by Gasteiger charge is 2.17. The molecular weight excluding hydrogens is 324 g/mol. The van der Waals surface area contributed by atoms with Crippen molar-refractivity contribution in [3.63, 3.8) is 0 Å². The Labute approximate surface area is 135 Å². The summed E-state index contributed by atoms with van der Waals surface area (Å²) < 4.78 is 0. The third kappa shape index (κ3) is 4.08. The highest BCUT2D eigenvalue weighted by Crippen LogP contribution is 2.24. The van der Waals surface area contributed by atoms with Crippen LogP contribution in [-0.2, 0) is 4.79 Å². The van der Waals surface area contributed by atoms with Gasteiger partial charge in [-0.15, -0.1) is 11.3 Å². The zero-order chi connectivity index (χ0) is 16.1. The summed E-state index contributed by atoms with van der Waals surface area (Å²) >= 11 is 2.36. The summed E-state index contributed by atoms with van der Waals surface area (Å²) in [6.45, 7) is 3.77. The van der Waals surface area contributed by atoms with Crippen molar-refractivity contribution in [2.24, 2.45) is 0 Å². The van der Waals surface area contributed by atoms with E-state index in [0.717, 1.165) is 18.2 Å². The van der Waals surface area contributed by atoms with Gasteiger partial charge in [0, 0.05) is 11.6 Å². The maximum Gasteiger partial charge on any atom is 0.258 e. The standard InChI is InChI=1S/C13H16N4O3S2/c1-3-7(2)9-10(19)16-13(17-11(9)20)22-6-8(18)15-12-14-4-5-21-12/h4-5,7H,3,6H2,1-2H3,(H,14,15,18)(H2,16,17,19,20). The SMILES string of the molecule is CCC(C)c1c(O)nc(SCC(=O)Nc2nccs2)[nH]c1=O. The lowest BCUT2D eigenvalue weighted by Crippen LogP contribution is -2.18. The summed E-state index contributed by atoms with van der Waals surface area (Å²) in [6.07, 6.45) is 2.32. The number of amides is 1. The van der Waals surface area contributed by atoms with Gasteiger partial charge in [0.25, 0.3) is 5.56 Å². The van der Waals surface area contributed by atoms with Crippen molar-refractivity contribution >= 4 is 34.1 Å². The largest absolute Gasteiger partial charge is 0.493 e. The lowest BCUT2D eigenvalue weighted by atomic mass is 10.0. The van der Waals surface area contributed by atoms with Crippen molar-refractivity contribution in [1.82, 2.24) is 15.0 Å². The third-order valence-corrected chi connectivity index (χ3v) is 4.60. The number of rotatable bonds is 6. The van der Waals surface area contributed by atoms with Crippen LogP contribution in [-0.4, -0.2) is 31.7 Å². The first-order valence-electron chi connectivity index (χ1n) is 6.66. The highest BCUT2D eigenvalue weighted by atomic mass is 32.2. The van der Waals surface area contributed by atoms with Crippen LogP contribution in [0.2, 0.25) is 0 Å². The van der Waals surface area contributed by atoms with Crippen LogP contribution in [0.5, 0.6) is 5.88 Å². The summed E-state index contributed by atoms with van der Waals surface area (Å²) in [7, 11) is 0. The van der Waals surface area contributed by atoms with Gasteiger partial charge in [-0.05, 0) is 12.3 Å². The van der Waals surface area contributed by atoms with E-state index in [-0.39, 0.29) is 39.7 Å². The number of aromatic nitrogens is 3. The minimum atomic E-state index is -0.371. The number of carbonyl (C=O) groups is 1. The molecule has 0 aromatic carbocycles. The second-order valence-corrected chi connectivity index (χ2v) is 6.45. The van der Waals surface area contributed by atoms with Gasteiger partial charge in [-0.2, -0.15) is 4.98 Å². The molecule has 0 aliphatic carbocycles. The number of hydrogen-bond donors (Lipinski definition) is 3. The van der Waals surface area contributed by atoms with Crippen LogP contribution in [0.3, 0.4) is 0 Å². The summed E-state index contributed by atoms with van der Waals surface area (Å²) in [6, 6.07) is 0. The molecule has 2 aromatic heterocycles. The Hall–Kier alpha value is -1.87. The lowest BCUT2D eigenvalue weighted by molar-refractivity contribution is -0.113. The minimum absolute atomic E-state index is 0.0602. The number of aromatic hydroxyl groups is 1. The fourth-order valence-electron chi connectivity index (χ4n) is 1.74. The van der Waals surface area contributed by atoms with E-state index in [1.165, 1.54) is 11.3 Å². The summed E-state index contributed by atoms with van der Waals surface area (Å²) in [4.78, 5) is 34.2. The zero-order valence-corrected chi connectivity index (χ0v) is 13.8. The van der Waals surface area contributed by atoms with Crippen LogP contribution in [0.25, 0.3) is 0 Å². The average Bonchev–Trinajstić information content (AvgIpc) is 2.97. The van der Waals surface area contributed by atoms with Crippen molar-refractivity contribution in [2.45, 2.75) is 31.3 Å². The van der Waals surface area contributed by atoms with Crippen LogP contribution in [0.4, 0.5) is 5.13 Å². The summed E-state index contributed by atoms with van der Waals surface area (Å²) in [5.41, 5.74) is -0.0937. The van der Waals surface area contributed by atoms with Crippen molar-refractivity contribution in [3.05, 3.63) is 27.5 Å². The first-order chi connectivity index (χ1) is 10.5. The number of thiazole rings is 1. The van der Waals surface area contributed by atoms with Gasteiger partial charge >= 0.3 is 0 Å². The van der Waals surface area contributed by atoms with Gasteiger partial charge < -0.3 is 15.4 Å². The van der Waals surface area contributed by atoms with E-state index in [9.17, 15) is 14.7 Å². The second kappa shape index (κ2) is 7.41. The molecule has 0 radical (unpaired) electrons. The van der Waals surface area contributed by atoms with E-state index >= 15 is 0 Å². The fraction of sp³-hybridized carbons (Fsp3) is 0.385. The smallest absolute Gasteiger partial charge is 0.258 e. The molecule has 7 nitrogen and oxygen atoms in total. The van der Waals surface area contributed by atoms with Gasteiger partial charge in [-0.3, -0.25) is 9.59 Å². The zero-order valence-electron chi connectivity index (χ0n) is 12.1. The number of nitrogens with zero attached hydrogens (tertiary/aromatic N) is 2. The van der Waals surface area contributed by atoms with Crippen molar-refractivity contribution < 1.29 is 9.90 Å². The Balaban J connectivity index is 2.02. The number of thioether (sulfide) groups is 1. The van der Waals surface area contributed by atoms with Gasteiger partial charge in [-0.1, -0.05) is 25.6 Å². The predicted molar refractivity (Wildman–Crippen MR) is 86.7 cm³/mol. The molecule has 1 amide bonds. The number of H-pyrrole nitrogens is 1. The van der Waals surface area contributed by atoms with E-state index < -0.39 is 0 Å². The molecule has 0 aliphatic heterocycles. The monoisotopic (exact) mass is 340 g/mol. The molecule has 0 saturated heterocycles. The molecule has 2 heterocycles. The van der Waals surface area contributed by atoms with E-state index in [2.05, 4.69) is 20.3 Å². The van der Waals surface area contributed by atoms with E-state index in [1.54, 1.807) is 11.6 Å². The number of nitrogens with one attached hydrogen (secondary N) is 2. The maximum absolute atomic E-state index is 12.0. The first kappa shape index (κ1) is 16.5. The average molecular weight is 340 g/mol. The number of anilines is 1. The Morgan fingerprint density at radius 3 is 2.95 bits per heavy atom. The van der Waals surface area contributed by atoms with E-state index in [4.69, 9.17) is 0 Å². The molecule has 0 spiro atoms. The number of hydrogen-bond acceptors (Lipinski definition) is 7. The Kier molecular flexibility index (Phi) is 5.56. The van der Waals surface area contributed by atoms with Gasteiger partial charge in [0.05, 0.1) is 11.3 Å². The molecule has 0 saturated carbocycles. The normalized spacial score (nSPS) is 12.1. The topological polar surface area (TPSA) is 108 Å². The van der Waals surface area contributed by atoms with Gasteiger partial charge in [-0.25, -0.2) is 4.98 Å². The van der Waals surface area contributed by atoms with Crippen molar-refractivity contribution in [1.29, 1.82) is 0 Å². The lowest BCUT2D eigenvalue weighted by Gasteiger charge is -2.10. The molecule has 22 heavy (non-hydrogen) atoms. The van der Waals surface area contributed by atoms with Gasteiger partial charge in [0.15, 0.2) is 10.3 Å². The molecule has 2 rings (SSSR count). The molecular formula is C13H16N4O3S2. The molecule has 0 bridgehead atoms. The molecule has 118 valence electrons. The molecule has 1 unspecified atom stereocenters. The van der Waals surface area contributed by atoms with Crippen LogP contribution in [0.1, 0.15) is 31.7 Å². The Morgan fingerprint density at radius 2 is 2.36 bits per heavy atom. The van der Waals surface area contributed by atoms with E-state index in [1.807, 2.05) is 13.8 Å². The first-order valence-corrected chi connectivity index (χ1v) is 8.53. The second-order valence-electron chi connectivity index (χ2n) is 4.59. The van der Waals surface area contributed by atoms with Crippen molar-refractivity contribution in [3.8, 4) is 5.88 Å². The molecule has 9 heteroatoms. The molecule has 2 aromatic rings. The van der Waals surface area contributed by atoms with Crippen molar-refractivity contribution in [2.75, 3.05) is 11.1 Å². The quantitative estimate of drug-likeness (QED) is 0.549. The van der Waals surface area contributed by atoms with Crippen LogP contribution in [0, 0.1) is 0 Å². The maximum atomic E-state index is 12.0. The highest BCUT2D eigenvalue weighted by molar-refractivity contribution is 7.99. The number of aromatic amines is 1. The Morgan fingerprint density at radius 1 is 1.59 bits per heavy atom. The number of carbonyl (C=O) groups excluding carboxylic acids is 1.